The zero-order chi connectivity index (χ0) is 16.7. The normalized spacial score (nSPS) is 10.7. The molecule has 6 heteroatoms. The highest BCUT2D eigenvalue weighted by Crippen LogP contribution is 2.26. The second kappa shape index (κ2) is 8.22. The van der Waals surface area contributed by atoms with E-state index in [-0.39, 0.29) is 24.1 Å². The predicted octanol–water partition coefficient (Wildman–Crippen LogP) is 3.68. The number of rotatable bonds is 6. The molecule has 0 aromatic heterocycles. The average Bonchev–Trinajstić information content (AvgIpc) is 2.55. The molecule has 0 bridgehead atoms. The summed E-state index contributed by atoms with van der Waals surface area (Å²) in [7, 11) is 1.55. The van der Waals surface area contributed by atoms with Crippen molar-refractivity contribution >= 4 is 29.3 Å². The maximum Gasteiger partial charge on any atom is 0.248 e. The van der Waals surface area contributed by atoms with Gasteiger partial charge in [-0.15, -0.1) is 0 Å². The lowest BCUT2D eigenvalue weighted by molar-refractivity contribution is -0.111. The molecule has 5 nitrogen and oxygen atoms in total. The molecule has 2 rings (SSSR count). The lowest BCUT2D eigenvalue weighted by Crippen LogP contribution is -2.07. The van der Waals surface area contributed by atoms with E-state index in [9.17, 15) is 9.90 Å². The Morgan fingerprint density at radius 2 is 2.00 bits per heavy atom. The molecule has 0 heterocycles. The summed E-state index contributed by atoms with van der Waals surface area (Å²) in [5.74, 6) is 0.260. The Bertz CT molecular complexity index is 698. The van der Waals surface area contributed by atoms with Crippen molar-refractivity contribution in [1.29, 1.82) is 0 Å². The monoisotopic (exact) mass is 333 g/mol. The molecule has 23 heavy (non-hydrogen) atoms. The van der Waals surface area contributed by atoms with Crippen molar-refractivity contribution in [2.45, 2.75) is 0 Å². The number of nitrogens with one attached hydrogen (secondary N) is 1. The van der Waals surface area contributed by atoms with Crippen molar-refractivity contribution in [3.05, 3.63) is 59.1 Å². The van der Waals surface area contributed by atoms with Gasteiger partial charge in [0.25, 0.3) is 0 Å². The van der Waals surface area contributed by atoms with Crippen LogP contribution >= 0.6 is 11.6 Å². The number of ether oxygens (including phenoxy) is 2. The van der Waals surface area contributed by atoms with Crippen LogP contribution in [-0.2, 0) is 9.53 Å². The van der Waals surface area contributed by atoms with Gasteiger partial charge in [0, 0.05) is 18.2 Å². The van der Waals surface area contributed by atoms with Crippen LogP contribution in [0.5, 0.6) is 11.5 Å². The fourth-order valence-electron chi connectivity index (χ4n) is 1.76. The highest BCUT2D eigenvalue weighted by molar-refractivity contribution is 6.31. The van der Waals surface area contributed by atoms with E-state index in [1.807, 2.05) is 12.1 Å². The molecule has 2 N–H and O–H groups in total. The average molecular weight is 334 g/mol. The van der Waals surface area contributed by atoms with Crippen LogP contribution in [0.1, 0.15) is 5.56 Å². The van der Waals surface area contributed by atoms with Gasteiger partial charge in [-0.1, -0.05) is 23.7 Å². The summed E-state index contributed by atoms with van der Waals surface area (Å²) in [5, 5.41) is 12.6. The number of aromatic hydroxyl groups is 1. The third-order valence-electron chi connectivity index (χ3n) is 2.87. The van der Waals surface area contributed by atoms with Gasteiger partial charge >= 0.3 is 0 Å². The molecular formula is C17H16ClNO4. The van der Waals surface area contributed by atoms with Gasteiger partial charge < -0.3 is 19.9 Å². The van der Waals surface area contributed by atoms with Crippen LogP contribution in [0.25, 0.3) is 6.08 Å². The summed E-state index contributed by atoms with van der Waals surface area (Å²) in [6.07, 6.45) is 3.02. The number of benzene rings is 2. The standard InChI is InChI=1S/C17H16ClNO4/c1-22-11-23-14-6-2-12(3-7-14)4-9-17(21)19-15-10-13(18)5-8-16(15)20/h2-10,20H,11H2,1H3,(H,19,21)/b9-4+. The molecule has 1 amide bonds. The topological polar surface area (TPSA) is 67.8 Å². The van der Waals surface area contributed by atoms with Gasteiger partial charge in [-0.05, 0) is 42.0 Å². The zero-order valence-electron chi connectivity index (χ0n) is 12.5. The lowest BCUT2D eigenvalue weighted by atomic mass is 10.2. The molecule has 0 spiro atoms. The molecule has 0 fully saturated rings. The Labute approximate surface area is 139 Å². The largest absolute Gasteiger partial charge is 0.506 e. The molecule has 0 radical (unpaired) electrons. The minimum absolute atomic E-state index is 0.0456. The number of methoxy groups -OCH3 is 1. The number of anilines is 1. The number of hydrogen-bond acceptors (Lipinski definition) is 4. The van der Waals surface area contributed by atoms with Crippen molar-refractivity contribution in [2.24, 2.45) is 0 Å². The van der Waals surface area contributed by atoms with Crippen LogP contribution in [-0.4, -0.2) is 24.9 Å². The third kappa shape index (κ3) is 5.32. The Hall–Kier alpha value is -2.50. The summed E-state index contributed by atoms with van der Waals surface area (Å²) in [5.41, 5.74) is 1.09. The van der Waals surface area contributed by atoms with Crippen molar-refractivity contribution in [1.82, 2.24) is 0 Å². The molecule has 0 saturated carbocycles. The number of halogens is 1. The van der Waals surface area contributed by atoms with Crippen LogP contribution < -0.4 is 10.1 Å². The van der Waals surface area contributed by atoms with Crippen LogP contribution in [0, 0.1) is 0 Å². The maximum absolute atomic E-state index is 11.9. The number of hydrogen-bond donors (Lipinski definition) is 2. The number of phenolic OH excluding ortho intramolecular Hbond substituents is 1. The maximum atomic E-state index is 11.9. The fourth-order valence-corrected chi connectivity index (χ4v) is 1.93. The lowest BCUT2D eigenvalue weighted by Gasteiger charge is -2.05. The third-order valence-corrected chi connectivity index (χ3v) is 3.10. The van der Waals surface area contributed by atoms with Gasteiger partial charge in [0.05, 0.1) is 5.69 Å². The van der Waals surface area contributed by atoms with Gasteiger partial charge in [0.1, 0.15) is 11.5 Å². The molecule has 0 saturated heterocycles. The highest BCUT2D eigenvalue weighted by Gasteiger charge is 2.04. The Balaban J connectivity index is 1.96. The summed E-state index contributed by atoms with van der Waals surface area (Å²) in [6.45, 7) is 0.181. The van der Waals surface area contributed by atoms with Gasteiger partial charge in [-0.25, -0.2) is 0 Å². The first-order chi connectivity index (χ1) is 11.1. The van der Waals surface area contributed by atoms with E-state index in [0.29, 0.717) is 10.8 Å². The highest BCUT2D eigenvalue weighted by atomic mass is 35.5. The smallest absolute Gasteiger partial charge is 0.248 e. The van der Waals surface area contributed by atoms with Crippen LogP contribution in [0.4, 0.5) is 5.69 Å². The summed E-state index contributed by atoms with van der Waals surface area (Å²) in [6, 6.07) is 11.6. The zero-order valence-corrected chi connectivity index (χ0v) is 13.2. The van der Waals surface area contributed by atoms with E-state index in [0.717, 1.165) is 5.56 Å². The molecule has 2 aromatic carbocycles. The first-order valence-corrected chi connectivity index (χ1v) is 7.15. The van der Waals surface area contributed by atoms with E-state index in [2.05, 4.69) is 5.32 Å². The van der Waals surface area contributed by atoms with E-state index in [1.54, 1.807) is 25.3 Å². The number of carbonyl (C=O) groups excluding carboxylic acids is 1. The molecular weight excluding hydrogens is 318 g/mol. The quantitative estimate of drug-likeness (QED) is 0.481. The van der Waals surface area contributed by atoms with Crippen LogP contribution in [0.15, 0.2) is 48.5 Å². The minimum atomic E-state index is -0.373. The summed E-state index contributed by atoms with van der Waals surface area (Å²) in [4.78, 5) is 11.9. The van der Waals surface area contributed by atoms with Gasteiger partial charge in [0.2, 0.25) is 5.91 Å². The molecule has 0 aliphatic heterocycles. The van der Waals surface area contributed by atoms with Crippen molar-refractivity contribution < 1.29 is 19.4 Å². The molecule has 0 aliphatic rings. The second-order valence-corrected chi connectivity index (χ2v) is 5.04. The number of amides is 1. The van der Waals surface area contributed by atoms with Gasteiger partial charge in [-0.2, -0.15) is 0 Å². The first-order valence-electron chi connectivity index (χ1n) is 6.78. The Morgan fingerprint density at radius 3 is 2.70 bits per heavy atom. The minimum Gasteiger partial charge on any atom is -0.506 e. The number of carbonyl (C=O) groups is 1. The van der Waals surface area contributed by atoms with Crippen molar-refractivity contribution in [3.8, 4) is 11.5 Å². The molecule has 120 valence electrons. The molecule has 0 aliphatic carbocycles. The van der Waals surface area contributed by atoms with Crippen LogP contribution in [0.2, 0.25) is 5.02 Å². The van der Waals surface area contributed by atoms with E-state index >= 15 is 0 Å². The fraction of sp³-hybridized carbons (Fsp3) is 0.118. The van der Waals surface area contributed by atoms with Crippen molar-refractivity contribution in [3.63, 3.8) is 0 Å². The Kier molecular flexibility index (Phi) is 6.02. The van der Waals surface area contributed by atoms with Crippen LogP contribution in [0.3, 0.4) is 0 Å². The molecule has 0 atom stereocenters. The first kappa shape index (κ1) is 16.9. The molecule has 2 aromatic rings. The SMILES string of the molecule is COCOc1ccc(/C=C/C(=O)Nc2cc(Cl)ccc2O)cc1. The van der Waals surface area contributed by atoms with Gasteiger partial charge in [-0.3, -0.25) is 4.79 Å². The summed E-state index contributed by atoms with van der Waals surface area (Å²) < 4.78 is 10.1. The predicted molar refractivity (Wildman–Crippen MR) is 89.7 cm³/mol. The Morgan fingerprint density at radius 1 is 1.26 bits per heavy atom. The second-order valence-electron chi connectivity index (χ2n) is 4.60. The summed E-state index contributed by atoms with van der Waals surface area (Å²) >= 11 is 5.82. The van der Waals surface area contributed by atoms with E-state index in [1.165, 1.54) is 24.3 Å². The molecule has 0 unspecified atom stereocenters. The number of phenols is 1. The van der Waals surface area contributed by atoms with Crippen molar-refractivity contribution in [2.75, 3.05) is 19.2 Å². The van der Waals surface area contributed by atoms with E-state index in [4.69, 9.17) is 21.1 Å². The van der Waals surface area contributed by atoms with Gasteiger partial charge in [0.15, 0.2) is 6.79 Å². The van der Waals surface area contributed by atoms with E-state index < -0.39 is 0 Å².